The molecule has 0 spiro atoms. The maximum absolute atomic E-state index is 11.6. The number of allylic oxidation sites excluding steroid dienone is 2. The fraction of sp³-hybridized carbons (Fsp3) is 0.583. The summed E-state index contributed by atoms with van der Waals surface area (Å²) in [5.41, 5.74) is 0.616. The number of hydrogen-bond donors (Lipinski definition) is 1. The highest BCUT2D eigenvalue weighted by Gasteiger charge is 2.23. The Morgan fingerprint density at radius 3 is 3.07 bits per heavy atom. The normalized spacial score (nSPS) is 24.3. The molecule has 0 aromatic rings. The van der Waals surface area contributed by atoms with Gasteiger partial charge in [-0.25, -0.2) is 0 Å². The number of rotatable bonds is 4. The summed E-state index contributed by atoms with van der Waals surface area (Å²) in [6.45, 7) is 5.65. The molecule has 0 fully saturated rings. The number of aliphatic hydroxyl groups excluding tert-OH is 1. The van der Waals surface area contributed by atoms with Crippen LogP contribution in [0.4, 0.5) is 0 Å². The first-order valence-electron chi connectivity index (χ1n) is 5.17. The van der Waals surface area contributed by atoms with Crippen molar-refractivity contribution in [2.45, 2.75) is 38.7 Å². The van der Waals surface area contributed by atoms with Gasteiger partial charge in [-0.15, -0.1) is 6.58 Å². The van der Waals surface area contributed by atoms with Gasteiger partial charge in [-0.1, -0.05) is 19.1 Å². The largest absolute Gasteiger partial charge is 0.388 e. The van der Waals surface area contributed by atoms with Crippen LogP contribution in [0.3, 0.4) is 0 Å². The average Bonchev–Trinajstić information content (AvgIpc) is 2.14. The predicted octanol–water partition coefficient (Wildman–Crippen LogP) is 2.24. The number of carbonyl (C=O) groups is 1. The highest BCUT2D eigenvalue weighted by atomic mass is 16.3. The molecule has 14 heavy (non-hydrogen) atoms. The van der Waals surface area contributed by atoms with E-state index in [-0.39, 0.29) is 5.78 Å². The molecule has 1 aliphatic rings. The molecule has 1 aliphatic carbocycles. The molecule has 0 heterocycles. The van der Waals surface area contributed by atoms with Crippen molar-refractivity contribution in [3.63, 3.8) is 0 Å². The van der Waals surface area contributed by atoms with Crippen molar-refractivity contribution in [3.05, 3.63) is 24.3 Å². The van der Waals surface area contributed by atoms with Crippen LogP contribution in [0.2, 0.25) is 0 Å². The number of hydrogen-bond acceptors (Lipinski definition) is 2. The smallest absolute Gasteiger partial charge is 0.161 e. The van der Waals surface area contributed by atoms with E-state index in [9.17, 15) is 9.90 Å². The lowest BCUT2D eigenvalue weighted by Crippen LogP contribution is -2.23. The van der Waals surface area contributed by atoms with Crippen molar-refractivity contribution in [1.29, 1.82) is 0 Å². The highest BCUT2D eigenvalue weighted by Crippen LogP contribution is 2.23. The van der Waals surface area contributed by atoms with E-state index in [0.717, 1.165) is 12.8 Å². The molecule has 2 atom stereocenters. The second kappa shape index (κ2) is 5.11. The lowest BCUT2D eigenvalue weighted by atomic mass is 9.86. The van der Waals surface area contributed by atoms with Crippen LogP contribution in [0.1, 0.15) is 32.6 Å². The fourth-order valence-corrected chi connectivity index (χ4v) is 1.71. The first-order valence-corrected chi connectivity index (χ1v) is 5.17. The van der Waals surface area contributed by atoms with Crippen LogP contribution in [0.25, 0.3) is 0 Å². The monoisotopic (exact) mass is 194 g/mol. The zero-order valence-electron chi connectivity index (χ0n) is 8.70. The van der Waals surface area contributed by atoms with Gasteiger partial charge in [0.15, 0.2) is 5.78 Å². The van der Waals surface area contributed by atoms with Gasteiger partial charge in [-0.2, -0.15) is 0 Å². The Hall–Kier alpha value is -0.890. The van der Waals surface area contributed by atoms with Gasteiger partial charge in [0.2, 0.25) is 0 Å². The van der Waals surface area contributed by atoms with Crippen molar-refractivity contribution < 1.29 is 9.90 Å². The Bertz CT molecular complexity index is 253. The van der Waals surface area contributed by atoms with E-state index in [1.807, 2.05) is 6.08 Å². The molecule has 0 radical (unpaired) electrons. The summed E-state index contributed by atoms with van der Waals surface area (Å²) in [5.74, 6) is 0.540. The minimum Gasteiger partial charge on any atom is -0.388 e. The standard InChI is InChI=1S/C12H18O2/c1-3-4-5-11(13)10-7-6-9(2)8-12(10)14/h3,7,9,11,13H,1,4-6,8H2,2H3/t9-,11?/m1/s1. The minimum atomic E-state index is -0.590. The summed E-state index contributed by atoms with van der Waals surface area (Å²) in [4.78, 5) is 11.6. The van der Waals surface area contributed by atoms with Crippen molar-refractivity contribution in [1.82, 2.24) is 0 Å². The van der Waals surface area contributed by atoms with Gasteiger partial charge in [0.05, 0.1) is 6.10 Å². The molecule has 0 aliphatic heterocycles. The zero-order chi connectivity index (χ0) is 10.6. The molecule has 0 aromatic heterocycles. The molecule has 78 valence electrons. The second-order valence-corrected chi connectivity index (χ2v) is 4.01. The van der Waals surface area contributed by atoms with Gasteiger partial charge in [0, 0.05) is 12.0 Å². The van der Waals surface area contributed by atoms with Crippen LogP contribution in [0.15, 0.2) is 24.3 Å². The zero-order valence-corrected chi connectivity index (χ0v) is 8.70. The third-order valence-corrected chi connectivity index (χ3v) is 2.60. The fourth-order valence-electron chi connectivity index (χ4n) is 1.71. The number of ketones is 1. The van der Waals surface area contributed by atoms with E-state index in [0.29, 0.717) is 24.3 Å². The molecule has 1 N–H and O–H groups in total. The Morgan fingerprint density at radius 2 is 2.50 bits per heavy atom. The van der Waals surface area contributed by atoms with E-state index in [4.69, 9.17) is 0 Å². The molecule has 0 amide bonds. The molecular formula is C12H18O2. The summed E-state index contributed by atoms with van der Waals surface area (Å²) in [7, 11) is 0. The van der Waals surface area contributed by atoms with Crippen molar-refractivity contribution >= 4 is 5.78 Å². The summed E-state index contributed by atoms with van der Waals surface area (Å²) < 4.78 is 0. The Kier molecular flexibility index (Phi) is 4.08. The SMILES string of the molecule is C=CCCC(O)C1=CC[C@@H](C)CC1=O. The number of Topliss-reactive ketones (excluding diaryl/α,β-unsaturated/α-hetero) is 1. The van der Waals surface area contributed by atoms with Crippen LogP contribution >= 0.6 is 0 Å². The second-order valence-electron chi connectivity index (χ2n) is 4.01. The van der Waals surface area contributed by atoms with E-state index in [1.165, 1.54) is 0 Å². The van der Waals surface area contributed by atoms with Crippen molar-refractivity contribution in [2.75, 3.05) is 0 Å². The molecule has 1 rings (SSSR count). The number of carbonyl (C=O) groups excluding carboxylic acids is 1. The van der Waals surface area contributed by atoms with E-state index in [2.05, 4.69) is 13.5 Å². The summed E-state index contributed by atoms with van der Waals surface area (Å²) >= 11 is 0. The molecule has 1 unspecified atom stereocenters. The van der Waals surface area contributed by atoms with Gasteiger partial charge in [0.1, 0.15) is 0 Å². The Balaban J connectivity index is 2.58. The van der Waals surface area contributed by atoms with Gasteiger partial charge in [0.25, 0.3) is 0 Å². The highest BCUT2D eigenvalue weighted by molar-refractivity contribution is 5.97. The minimum absolute atomic E-state index is 0.111. The summed E-state index contributed by atoms with van der Waals surface area (Å²) in [5, 5.41) is 9.72. The molecule has 0 saturated heterocycles. The van der Waals surface area contributed by atoms with Gasteiger partial charge >= 0.3 is 0 Å². The molecule has 0 aromatic carbocycles. The van der Waals surface area contributed by atoms with Gasteiger partial charge in [-0.3, -0.25) is 4.79 Å². The molecule has 0 saturated carbocycles. The molecule has 2 heteroatoms. The first-order chi connectivity index (χ1) is 6.65. The van der Waals surface area contributed by atoms with Crippen LogP contribution in [0, 0.1) is 5.92 Å². The molecule has 2 nitrogen and oxygen atoms in total. The summed E-state index contributed by atoms with van der Waals surface area (Å²) in [6, 6.07) is 0. The van der Waals surface area contributed by atoms with Crippen LogP contribution in [0.5, 0.6) is 0 Å². The van der Waals surface area contributed by atoms with E-state index >= 15 is 0 Å². The maximum Gasteiger partial charge on any atom is 0.161 e. The van der Waals surface area contributed by atoms with Crippen LogP contribution in [-0.2, 0) is 4.79 Å². The van der Waals surface area contributed by atoms with Crippen LogP contribution < -0.4 is 0 Å². The van der Waals surface area contributed by atoms with E-state index in [1.54, 1.807) is 6.08 Å². The maximum atomic E-state index is 11.6. The first kappa shape index (κ1) is 11.2. The molecular weight excluding hydrogens is 176 g/mol. The van der Waals surface area contributed by atoms with E-state index < -0.39 is 6.10 Å². The van der Waals surface area contributed by atoms with Crippen molar-refractivity contribution in [2.24, 2.45) is 5.92 Å². The lowest BCUT2D eigenvalue weighted by molar-refractivity contribution is -0.117. The third kappa shape index (κ3) is 2.81. The van der Waals surface area contributed by atoms with Gasteiger partial charge in [-0.05, 0) is 25.2 Å². The van der Waals surface area contributed by atoms with Crippen LogP contribution in [-0.4, -0.2) is 17.0 Å². The van der Waals surface area contributed by atoms with Gasteiger partial charge < -0.3 is 5.11 Å². The Labute approximate surface area is 85.3 Å². The third-order valence-electron chi connectivity index (χ3n) is 2.60. The summed E-state index contributed by atoms with van der Waals surface area (Å²) in [6.07, 6.45) is 5.91. The number of aliphatic hydroxyl groups is 1. The quantitative estimate of drug-likeness (QED) is 0.697. The average molecular weight is 194 g/mol. The van der Waals surface area contributed by atoms with Crippen molar-refractivity contribution in [3.8, 4) is 0 Å². The molecule has 0 bridgehead atoms. The predicted molar refractivity (Wildman–Crippen MR) is 56.9 cm³/mol. The lowest BCUT2D eigenvalue weighted by Gasteiger charge is -2.20. The Morgan fingerprint density at radius 1 is 1.79 bits per heavy atom. The topological polar surface area (TPSA) is 37.3 Å².